The van der Waals surface area contributed by atoms with Gasteiger partial charge in [-0.05, 0) is 30.1 Å². The molecule has 1 heterocycles. The zero-order chi connectivity index (χ0) is 7.95. The fraction of sp³-hybridized carbons (Fsp3) is 1.00. The summed E-state index contributed by atoms with van der Waals surface area (Å²) in [5.41, 5.74) is 1.42. The molecule has 1 N–H and O–H groups in total. The van der Waals surface area contributed by atoms with Gasteiger partial charge in [0.05, 0.1) is 0 Å². The Bertz CT molecular complexity index is 156. The Kier molecular flexibility index (Phi) is 1.54. The molecule has 2 rings (SSSR count). The predicted molar refractivity (Wildman–Crippen MR) is 49.7 cm³/mol. The Morgan fingerprint density at radius 1 is 1.36 bits per heavy atom. The van der Waals surface area contributed by atoms with Crippen LogP contribution < -0.4 is 5.32 Å². The normalized spacial score (nSPS) is 40.9. The van der Waals surface area contributed by atoms with Crippen LogP contribution in [-0.4, -0.2) is 13.1 Å². The Hall–Kier alpha value is -0.0400. The molecule has 1 saturated carbocycles. The molecular weight excluding hydrogens is 134 g/mol. The van der Waals surface area contributed by atoms with E-state index in [9.17, 15) is 0 Å². The average molecular weight is 155 g/mol. The highest BCUT2D eigenvalue weighted by Crippen LogP contribution is 2.52. The largest absolute Gasteiger partial charge is 0.316 e. The number of nitrogens with one attached hydrogen (secondary N) is 1. The molecule has 1 saturated heterocycles. The molecular formula is C10H21N. The predicted octanol–water partition coefficient (Wildman–Crippen LogP) is 2.42. The number of hydrogen-bond acceptors (Lipinski definition) is 1. The molecule has 11 heavy (non-hydrogen) atoms. The van der Waals surface area contributed by atoms with Gasteiger partial charge in [-0.1, -0.05) is 20.3 Å². The van der Waals surface area contributed by atoms with Gasteiger partial charge >= 0.3 is 0 Å². The van der Waals surface area contributed by atoms with E-state index in [0.29, 0.717) is 5.41 Å². The molecule has 0 aromatic carbocycles. The fourth-order valence-corrected chi connectivity index (χ4v) is 2.73. The molecule has 1 atom stereocenters. The van der Waals surface area contributed by atoms with Crippen LogP contribution in [0, 0.1) is 10.8 Å². The van der Waals surface area contributed by atoms with Gasteiger partial charge in [-0.3, -0.25) is 0 Å². The molecule has 1 nitrogen and oxygen atoms in total. The van der Waals surface area contributed by atoms with Gasteiger partial charge < -0.3 is 5.32 Å². The highest BCUT2D eigenvalue weighted by atomic mass is 15.0. The first-order valence-electron chi connectivity index (χ1n) is 4.89. The zero-order valence-corrected chi connectivity index (χ0v) is 7.74. The molecule has 2 aliphatic rings. The van der Waals surface area contributed by atoms with Gasteiger partial charge in [0, 0.05) is 14.5 Å². The van der Waals surface area contributed by atoms with Gasteiger partial charge in [-0.25, -0.2) is 0 Å². The molecule has 0 amide bonds. The van der Waals surface area contributed by atoms with Crippen LogP contribution in [0.25, 0.3) is 0 Å². The van der Waals surface area contributed by atoms with Gasteiger partial charge in [-0.2, -0.15) is 0 Å². The second-order valence-electron chi connectivity index (χ2n) is 4.94. The van der Waals surface area contributed by atoms with E-state index >= 15 is 0 Å². The molecule has 1 unspecified atom stereocenters. The van der Waals surface area contributed by atoms with Crippen molar-refractivity contribution in [2.24, 2.45) is 10.8 Å². The van der Waals surface area contributed by atoms with Crippen molar-refractivity contribution < 1.29 is 1.43 Å². The van der Waals surface area contributed by atoms with Crippen LogP contribution in [-0.2, 0) is 0 Å². The summed E-state index contributed by atoms with van der Waals surface area (Å²) < 4.78 is 0. The lowest BCUT2D eigenvalue weighted by Gasteiger charge is -2.40. The van der Waals surface area contributed by atoms with Crippen LogP contribution in [0.3, 0.4) is 0 Å². The second kappa shape index (κ2) is 2.22. The molecule has 1 heteroatoms. The first-order chi connectivity index (χ1) is 5.18. The Morgan fingerprint density at radius 2 is 2.09 bits per heavy atom. The zero-order valence-electron chi connectivity index (χ0n) is 7.74. The highest BCUT2D eigenvalue weighted by Gasteiger charge is 2.47. The Balaban J connectivity index is 0.000000720. The SMILES string of the molecule is CCC1(C)CCC2(CNC2)C1.[HH]. The van der Waals surface area contributed by atoms with Crippen LogP contribution in [0.5, 0.6) is 0 Å². The molecule has 1 aliphatic heterocycles. The van der Waals surface area contributed by atoms with Crippen molar-refractivity contribution in [3.8, 4) is 0 Å². The third kappa shape index (κ3) is 1.10. The van der Waals surface area contributed by atoms with E-state index in [0.717, 1.165) is 5.41 Å². The summed E-state index contributed by atoms with van der Waals surface area (Å²) >= 11 is 0. The van der Waals surface area contributed by atoms with Crippen molar-refractivity contribution in [2.75, 3.05) is 13.1 Å². The van der Waals surface area contributed by atoms with E-state index in [4.69, 9.17) is 0 Å². The summed E-state index contributed by atoms with van der Waals surface area (Å²) in [5, 5.41) is 3.41. The van der Waals surface area contributed by atoms with Crippen molar-refractivity contribution in [2.45, 2.75) is 39.5 Å². The van der Waals surface area contributed by atoms with Crippen LogP contribution in [0.1, 0.15) is 41.0 Å². The Morgan fingerprint density at radius 3 is 2.36 bits per heavy atom. The van der Waals surface area contributed by atoms with Gasteiger partial charge in [0.25, 0.3) is 0 Å². The minimum atomic E-state index is 0. The molecule has 1 aliphatic carbocycles. The van der Waals surface area contributed by atoms with E-state index in [1.807, 2.05) is 0 Å². The third-order valence-electron chi connectivity index (χ3n) is 3.91. The maximum absolute atomic E-state index is 3.41. The third-order valence-corrected chi connectivity index (χ3v) is 3.91. The summed E-state index contributed by atoms with van der Waals surface area (Å²) in [7, 11) is 0. The standard InChI is InChI=1S/C10H19N.H2/c1-3-9(2)4-5-10(6-9)7-11-8-10;/h11H,3-8H2,1-2H3;1H. The van der Waals surface area contributed by atoms with Gasteiger partial charge in [0.2, 0.25) is 0 Å². The van der Waals surface area contributed by atoms with Crippen LogP contribution in [0.4, 0.5) is 0 Å². The minimum Gasteiger partial charge on any atom is -0.316 e. The fourth-order valence-electron chi connectivity index (χ4n) is 2.73. The molecule has 2 fully saturated rings. The maximum Gasteiger partial charge on any atom is 0.00204 e. The summed E-state index contributed by atoms with van der Waals surface area (Å²) in [6.07, 6.45) is 5.79. The van der Waals surface area contributed by atoms with Gasteiger partial charge in [0.1, 0.15) is 0 Å². The van der Waals surface area contributed by atoms with E-state index < -0.39 is 0 Å². The Labute approximate surface area is 71.0 Å². The van der Waals surface area contributed by atoms with E-state index in [2.05, 4.69) is 19.2 Å². The lowest BCUT2D eigenvalue weighted by Crippen LogP contribution is -2.52. The van der Waals surface area contributed by atoms with Crippen molar-refractivity contribution >= 4 is 0 Å². The van der Waals surface area contributed by atoms with Crippen LogP contribution in [0.2, 0.25) is 0 Å². The summed E-state index contributed by atoms with van der Waals surface area (Å²) in [6, 6.07) is 0. The summed E-state index contributed by atoms with van der Waals surface area (Å²) in [5.74, 6) is 0. The molecule has 66 valence electrons. The van der Waals surface area contributed by atoms with Crippen molar-refractivity contribution in [3.63, 3.8) is 0 Å². The highest BCUT2D eigenvalue weighted by molar-refractivity contribution is 5.02. The topological polar surface area (TPSA) is 12.0 Å². The van der Waals surface area contributed by atoms with E-state index in [1.165, 1.54) is 38.8 Å². The van der Waals surface area contributed by atoms with E-state index in [-0.39, 0.29) is 1.43 Å². The molecule has 0 aromatic rings. The van der Waals surface area contributed by atoms with Crippen LogP contribution >= 0.6 is 0 Å². The summed E-state index contributed by atoms with van der Waals surface area (Å²) in [4.78, 5) is 0. The first-order valence-corrected chi connectivity index (χ1v) is 4.89. The molecule has 1 spiro atoms. The van der Waals surface area contributed by atoms with Crippen molar-refractivity contribution in [3.05, 3.63) is 0 Å². The van der Waals surface area contributed by atoms with Crippen molar-refractivity contribution in [1.82, 2.24) is 5.32 Å². The van der Waals surface area contributed by atoms with Crippen molar-refractivity contribution in [1.29, 1.82) is 0 Å². The average Bonchev–Trinajstić information content (AvgIpc) is 2.29. The summed E-state index contributed by atoms with van der Waals surface area (Å²) in [6.45, 7) is 7.39. The van der Waals surface area contributed by atoms with E-state index in [1.54, 1.807) is 0 Å². The molecule has 0 radical (unpaired) electrons. The lowest BCUT2D eigenvalue weighted by molar-refractivity contribution is 0.150. The number of hydrogen-bond donors (Lipinski definition) is 1. The number of rotatable bonds is 1. The monoisotopic (exact) mass is 155 g/mol. The van der Waals surface area contributed by atoms with Crippen LogP contribution in [0.15, 0.2) is 0 Å². The smallest absolute Gasteiger partial charge is 0.00204 e. The van der Waals surface area contributed by atoms with Gasteiger partial charge in [0.15, 0.2) is 0 Å². The second-order valence-corrected chi connectivity index (χ2v) is 4.94. The molecule has 0 aromatic heterocycles. The minimum absolute atomic E-state index is 0. The first kappa shape index (κ1) is 7.60. The quantitative estimate of drug-likeness (QED) is 0.613. The molecule has 0 bridgehead atoms. The lowest BCUT2D eigenvalue weighted by atomic mass is 9.75. The van der Waals surface area contributed by atoms with Gasteiger partial charge in [-0.15, -0.1) is 0 Å². The maximum atomic E-state index is 3.41.